The standard InChI is InChI=1S/C28H34FN5O4S.C27H33N5O4S.C25H35N5O4S.C23H30FN5O3S/c1-17(2)16-38-22-13-20(12-21(29)14-22)24-11-10-23(27(31-24)34-15-18(3)8-9-19(34)4)28(35)33-39(36,37)26-7-5-6-25(30)32-26;1-16-14-27(4,5)32(15-16)25-20(26(33)31-37(34,35)23-8-7-13-29-24(23)28)9-11-21(30-25)19-10-12-22(36-6)18(3)17(19)2;1-18-16-25(2,3)30(17-18)23-20(6-5-12-27-23)24(31)29-35(32,33)22-8-4-7-21(28-22)34-15-11-19-9-13-26-14-10-19;1-16-14-23(2,3)29(15-16)21-18(6-5-11-25-21)22(30)27-33(31,32)20-8-4-7-19(26-20)28-12-9-17(24)10-13-28/h5-7,10-14,17-19H,8-9,15-16H2,1-4H3,(H2,30,32)(H,33,35);7-13,16H,14-15H2,1-6H3,(H2,28,29)(H,31,33);4-8,12,18-19,26H,9-11,13-17H2,1-3H3,(H,29,31);4-8,11,16-17H,9-10,12-15H2,1-3H3,(H,27,30)/t;16-;;/m.0../s1. The van der Waals surface area contributed by atoms with E-state index in [0.29, 0.717) is 134 Å². The maximum Gasteiger partial charge on any atom is 0.281 e. The molecule has 2 aromatic carbocycles. The highest BCUT2D eigenvalue weighted by Crippen LogP contribution is 2.43. The zero-order chi connectivity index (χ0) is 104. The first-order valence-corrected chi connectivity index (χ1v) is 54.4. The van der Waals surface area contributed by atoms with Crippen LogP contribution in [0.2, 0.25) is 0 Å². The molecular formula is C103H132F2N20O15S4. The van der Waals surface area contributed by atoms with Crippen LogP contribution in [0.15, 0.2) is 184 Å². The van der Waals surface area contributed by atoms with Crippen LogP contribution in [-0.4, -0.2) is 199 Å². The normalized spacial score (nSPS) is 19.0. The molecule has 41 heteroatoms. The fourth-order valence-electron chi connectivity index (χ4n) is 19.4. The van der Waals surface area contributed by atoms with Gasteiger partial charge in [-0.3, -0.25) is 19.2 Å². The van der Waals surface area contributed by atoms with Crippen LogP contribution in [0.3, 0.4) is 0 Å². The minimum atomic E-state index is -4.29. The number of carbonyl (C=O) groups excluding carboxylic acids is 4. The number of hydrogen-bond acceptors (Lipinski definition) is 31. The molecule has 6 fully saturated rings. The molecule has 0 bridgehead atoms. The number of nitrogens with one attached hydrogen (secondary N) is 5. The Morgan fingerprint density at radius 1 is 0.500 bits per heavy atom. The predicted octanol–water partition coefficient (Wildman–Crippen LogP) is 14.9. The predicted molar refractivity (Wildman–Crippen MR) is 551 cm³/mol. The molecule has 6 saturated heterocycles. The highest BCUT2D eigenvalue weighted by Gasteiger charge is 2.44. The number of anilines is 7. The molecule has 6 aliphatic rings. The van der Waals surface area contributed by atoms with E-state index in [1.807, 2.05) is 56.6 Å². The van der Waals surface area contributed by atoms with Crippen LogP contribution < -0.4 is 74.4 Å². The van der Waals surface area contributed by atoms with E-state index in [1.165, 1.54) is 66.9 Å². The van der Waals surface area contributed by atoms with Gasteiger partial charge in [-0.05, 0) is 302 Å². The van der Waals surface area contributed by atoms with Crippen LogP contribution in [0.5, 0.6) is 17.4 Å². The lowest BCUT2D eigenvalue weighted by atomic mass is 9.94. The summed E-state index contributed by atoms with van der Waals surface area (Å²) in [5, 5.41) is 2.46. The molecule has 6 aliphatic heterocycles. The van der Waals surface area contributed by atoms with Crippen molar-refractivity contribution in [2.24, 2.45) is 35.5 Å². The van der Waals surface area contributed by atoms with Gasteiger partial charge in [0, 0.05) is 104 Å². The van der Waals surface area contributed by atoms with Crippen molar-refractivity contribution < 1.29 is 75.8 Å². The summed E-state index contributed by atoms with van der Waals surface area (Å²) in [7, 11) is -15.3. The Morgan fingerprint density at radius 3 is 1.53 bits per heavy atom. The molecule has 14 heterocycles. The van der Waals surface area contributed by atoms with Crippen LogP contribution in [0, 0.1) is 55.2 Å². The number of nitrogen functional groups attached to an aromatic ring is 2. The number of halogens is 2. The van der Waals surface area contributed by atoms with Crippen LogP contribution >= 0.6 is 0 Å². The van der Waals surface area contributed by atoms with Crippen molar-refractivity contribution in [1.29, 1.82) is 0 Å². The van der Waals surface area contributed by atoms with E-state index in [1.54, 1.807) is 92.3 Å². The number of piperidine rings is 3. The summed E-state index contributed by atoms with van der Waals surface area (Å²) in [6.45, 7) is 37.8. The molecule has 0 saturated carbocycles. The van der Waals surface area contributed by atoms with Crippen LogP contribution in [0.4, 0.5) is 49.5 Å². The van der Waals surface area contributed by atoms with Crippen molar-refractivity contribution in [2.45, 2.75) is 217 Å². The van der Waals surface area contributed by atoms with Gasteiger partial charge in [0.25, 0.3) is 63.7 Å². The Labute approximate surface area is 843 Å². The number of benzene rings is 2. The van der Waals surface area contributed by atoms with Gasteiger partial charge >= 0.3 is 0 Å². The van der Waals surface area contributed by atoms with Gasteiger partial charge in [-0.2, -0.15) is 30.2 Å². The molecular weight excluding hydrogens is 1920 g/mol. The summed E-state index contributed by atoms with van der Waals surface area (Å²) in [6.07, 6.45) is 12.4. The number of aromatic nitrogens is 8. The van der Waals surface area contributed by atoms with Crippen molar-refractivity contribution in [3.63, 3.8) is 0 Å². The average molecular weight is 2060 g/mol. The van der Waals surface area contributed by atoms with Crippen molar-refractivity contribution in [3.05, 3.63) is 203 Å². The third kappa shape index (κ3) is 26.6. The summed E-state index contributed by atoms with van der Waals surface area (Å²) >= 11 is 0. The van der Waals surface area contributed by atoms with Crippen LogP contribution in [0.25, 0.3) is 22.5 Å². The van der Waals surface area contributed by atoms with Crippen molar-refractivity contribution in [1.82, 2.24) is 64.1 Å². The molecule has 144 heavy (non-hydrogen) atoms. The topological polar surface area (TPSA) is 464 Å². The van der Waals surface area contributed by atoms with Gasteiger partial charge in [-0.15, -0.1) is 0 Å². The van der Waals surface area contributed by atoms with Crippen molar-refractivity contribution in [3.8, 4) is 39.9 Å². The molecule has 9 N–H and O–H groups in total. The Morgan fingerprint density at radius 2 is 0.993 bits per heavy atom. The number of hydrogen-bond donors (Lipinski definition) is 7. The maximum atomic E-state index is 14.5. The first-order chi connectivity index (χ1) is 68.0. The molecule has 10 aromatic rings. The first-order valence-electron chi connectivity index (χ1n) is 48.5. The number of sulfonamides is 4. The van der Waals surface area contributed by atoms with E-state index >= 15 is 0 Å². The molecule has 0 spiro atoms. The number of carbonyl (C=O) groups is 4. The average Bonchev–Trinajstić information content (AvgIpc) is 1.66. The summed E-state index contributed by atoms with van der Waals surface area (Å²) in [4.78, 5) is 97.5. The Bertz CT molecular complexity index is 6820. The zero-order valence-electron chi connectivity index (χ0n) is 84.3. The van der Waals surface area contributed by atoms with Crippen molar-refractivity contribution >= 4 is 104 Å². The number of nitrogens with two attached hydrogens (primary N) is 2. The van der Waals surface area contributed by atoms with Gasteiger partial charge in [-0.1, -0.05) is 59.7 Å². The Hall–Kier alpha value is -12.9. The first kappa shape index (κ1) is 108. The monoisotopic (exact) mass is 2050 g/mol. The second kappa shape index (κ2) is 45.6. The number of alkyl halides is 1. The lowest BCUT2D eigenvalue weighted by molar-refractivity contribution is 0.0972. The van der Waals surface area contributed by atoms with E-state index < -0.39 is 75.7 Å². The summed E-state index contributed by atoms with van der Waals surface area (Å²) in [5.74, 6) is 2.24. The van der Waals surface area contributed by atoms with Gasteiger partial charge in [0.05, 0.1) is 54.0 Å². The van der Waals surface area contributed by atoms with Crippen LogP contribution in [0.1, 0.15) is 207 Å². The third-order valence-electron chi connectivity index (χ3n) is 26.6. The van der Waals surface area contributed by atoms with E-state index in [0.717, 1.165) is 100.0 Å². The summed E-state index contributed by atoms with van der Waals surface area (Å²) in [6, 6.07) is 37.2. The Kier molecular flexibility index (Phi) is 34.3. The number of amides is 4. The lowest BCUT2D eigenvalue weighted by Gasteiger charge is -2.38. The lowest BCUT2D eigenvalue weighted by Crippen LogP contribution is -2.43. The summed E-state index contributed by atoms with van der Waals surface area (Å²) < 4.78 is 157. The number of ether oxygens (including phenoxy) is 3. The van der Waals surface area contributed by atoms with Crippen LogP contribution in [-0.2, 0) is 40.1 Å². The molecule has 8 aromatic heterocycles. The van der Waals surface area contributed by atoms with Crippen molar-refractivity contribution in [2.75, 3.05) is 109 Å². The minimum Gasteiger partial charge on any atom is -0.496 e. The quantitative estimate of drug-likeness (QED) is 0.0251. The third-order valence-corrected chi connectivity index (χ3v) is 31.7. The van der Waals surface area contributed by atoms with E-state index in [-0.39, 0.29) is 88.3 Å². The molecule has 16 rings (SSSR count). The molecule has 4 unspecified atom stereocenters. The highest BCUT2D eigenvalue weighted by atomic mass is 32.2. The fourth-order valence-corrected chi connectivity index (χ4v) is 23.3. The number of rotatable bonds is 27. The SMILES string of the molecule is CC(C)COc1cc(F)cc(-c2ccc(C(=O)NS(=O)(=O)c3cccc(N)n3)c(N3CC(C)CCC3C)n2)c1.CC1CN(c2ncccc2C(=O)NS(=O)(=O)c2cccc(N3CCC(F)CC3)n2)C(C)(C)C1.CC1CN(c2ncccc2C(=O)NS(=O)(=O)c2cccc(OCCC3CCNCC3)n2)C(C)(C)C1.COc1ccc(-c2ccc(C(=O)NS(=O)(=O)c3cccnc3N)c(N3C[C@@H](C)CC3(C)C)n2)c(C)c1C. The van der Waals surface area contributed by atoms with Gasteiger partial charge < -0.3 is 55.5 Å². The fraction of sp³-hybridized carbons (Fsp3) is 0.456. The molecule has 0 aliphatic carbocycles. The molecule has 0 radical (unpaired) electrons. The minimum absolute atomic E-state index is 0.0139. The van der Waals surface area contributed by atoms with Gasteiger partial charge in [-0.25, -0.2) is 71.0 Å². The second-order valence-corrected chi connectivity index (χ2v) is 46.9. The highest BCUT2D eigenvalue weighted by molar-refractivity contribution is 7.91. The zero-order valence-corrected chi connectivity index (χ0v) is 87.6. The van der Waals surface area contributed by atoms with Gasteiger partial charge in [0.15, 0.2) is 15.1 Å². The number of nitrogens with zero attached hydrogens (tertiary/aromatic N) is 13. The smallest absolute Gasteiger partial charge is 0.281 e. The summed E-state index contributed by atoms with van der Waals surface area (Å²) in [5.41, 5.74) is 15.9. The maximum absolute atomic E-state index is 14.5. The second-order valence-electron chi connectivity index (χ2n) is 40.4. The van der Waals surface area contributed by atoms with E-state index in [4.69, 9.17) is 35.6 Å². The molecule has 5 atom stereocenters. The number of methoxy groups -OCH3 is 1. The van der Waals surface area contributed by atoms with Gasteiger partial charge in [0.1, 0.15) is 69.1 Å². The largest absolute Gasteiger partial charge is 0.496 e. The molecule has 4 amide bonds. The Balaban J connectivity index is 0.000000161. The molecule has 772 valence electrons. The molecule has 35 nitrogen and oxygen atoms in total. The van der Waals surface area contributed by atoms with Gasteiger partial charge in [0.2, 0.25) is 5.88 Å². The number of pyridine rings is 8. The van der Waals surface area contributed by atoms with E-state index in [2.05, 4.69) is 138 Å². The van der Waals surface area contributed by atoms with E-state index in [9.17, 15) is 61.6 Å².